The van der Waals surface area contributed by atoms with Gasteiger partial charge in [0.25, 0.3) is 0 Å². The Labute approximate surface area is 152 Å². The van der Waals surface area contributed by atoms with E-state index < -0.39 is 11.5 Å². The number of hydrogen-bond donors (Lipinski definition) is 2. The van der Waals surface area contributed by atoms with Gasteiger partial charge in [-0.3, -0.25) is 14.5 Å². The molecule has 0 aliphatic heterocycles. The lowest BCUT2D eigenvalue weighted by Crippen LogP contribution is -2.57. The number of aliphatic hydroxyl groups is 1. The molecule has 0 aliphatic carbocycles. The number of aliphatic hydroxyl groups excluding tert-OH is 1. The minimum Gasteiger partial charge on any atom is -0.394 e. The lowest BCUT2D eigenvalue weighted by atomic mass is 9.94. The van der Waals surface area contributed by atoms with Crippen molar-refractivity contribution in [3.05, 3.63) is 0 Å². The van der Waals surface area contributed by atoms with E-state index in [1.54, 1.807) is 7.05 Å². The molecule has 1 unspecified atom stereocenters. The molecule has 0 aromatic rings. The van der Waals surface area contributed by atoms with E-state index in [0.717, 1.165) is 0 Å². The first-order valence-electron chi connectivity index (χ1n) is 8.77. The molecule has 0 spiro atoms. The largest absolute Gasteiger partial charge is 0.394 e. The maximum Gasteiger partial charge on any atom is 0.244 e. The topological polar surface area (TPSA) is 82.1 Å². The molecule has 0 heterocycles. The van der Waals surface area contributed by atoms with E-state index >= 15 is 0 Å². The van der Waals surface area contributed by atoms with Crippen LogP contribution in [0.4, 0.5) is 0 Å². The number of nitrogens with zero attached hydrogens (tertiary/aromatic N) is 2. The van der Waals surface area contributed by atoms with Crippen molar-refractivity contribution in [1.29, 1.82) is 0 Å². The first-order chi connectivity index (χ1) is 11.3. The summed E-state index contributed by atoms with van der Waals surface area (Å²) in [5, 5.41) is 11.5. The van der Waals surface area contributed by atoms with E-state index in [4.69, 9.17) is 9.84 Å². The van der Waals surface area contributed by atoms with Crippen LogP contribution in [-0.4, -0.2) is 85.3 Å². The number of nitrogens with one attached hydrogen (secondary N) is 1. The summed E-state index contributed by atoms with van der Waals surface area (Å²) in [5.74, 6) is -0.282. The van der Waals surface area contributed by atoms with Crippen LogP contribution in [-0.2, 0) is 14.3 Å². The molecule has 1 atom stereocenters. The molecule has 148 valence electrons. The van der Waals surface area contributed by atoms with Gasteiger partial charge in [-0.15, -0.1) is 0 Å². The quantitative estimate of drug-likeness (QED) is 0.593. The highest BCUT2D eigenvalue weighted by molar-refractivity contribution is 5.89. The molecule has 0 rings (SSSR count). The SMILES string of the molecule is CN(C(=O)C(C)(C)C)C(CN(C)C(C)(C)C)C(=O)NCCOCCO. The summed E-state index contributed by atoms with van der Waals surface area (Å²) in [6.45, 7) is 13.0. The van der Waals surface area contributed by atoms with Crippen molar-refractivity contribution in [3.63, 3.8) is 0 Å². The number of carbonyl (C=O) groups is 2. The summed E-state index contributed by atoms with van der Waals surface area (Å²) in [6, 6.07) is -0.589. The molecule has 7 heteroatoms. The van der Waals surface area contributed by atoms with Crippen LogP contribution >= 0.6 is 0 Å². The van der Waals surface area contributed by atoms with Crippen molar-refractivity contribution >= 4 is 11.8 Å². The molecule has 0 radical (unpaired) electrons. The Hall–Kier alpha value is -1.18. The van der Waals surface area contributed by atoms with Gasteiger partial charge in [0.15, 0.2) is 0 Å². The summed E-state index contributed by atoms with van der Waals surface area (Å²) >= 11 is 0. The van der Waals surface area contributed by atoms with Crippen molar-refractivity contribution in [1.82, 2.24) is 15.1 Å². The molecule has 7 nitrogen and oxygen atoms in total. The van der Waals surface area contributed by atoms with Crippen molar-refractivity contribution < 1.29 is 19.4 Å². The first kappa shape index (κ1) is 23.8. The standard InChI is InChI=1S/C18H37N3O4/c1-17(2,3)16(24)21(8)14(13-20(7)18(4,5)6)15(23)19-9-11-25-12-10-22/h14,22H,9-13H2,1-8H3,(H,19,23). The van der Waals surface area contributed by atoms with Gasteiger partial charge >= 0.3 is 0 Å². The summed E-state index contributed by atoms with van der Waals surface area (Å²) in [5.41, 5.74) is -0.674. The van der Waals surface area contributed by atoms with Crippen LogP contribution in [0.1, 0.15) is 41.5 Å². The Bertz CT molecular complexity index is 427. The van der Waals surface area contributed by atoms with Gasteiger partial charge in [0, 0.05) is 31.1 Å². The number of rotatable bonds is 9. The maximum atomic E-state index is 12.7. The van der Waals surface area contributed by atoms with Crippen LogP contribution in [0.5, 0.6) is 0 Å². The van der Waals surface area contributed by atoms with Crippen molar-refractivity contribution in [3.8, 4) is 0 Å². The highest BCUT2D eigenvalue weighted by atomic mass is 16.5. The molecule has 0 aromatic heterocycles. The normalized spacial score (nSPS) is 13.7. The van der Waals surface area contributed by atoms with Gasteiger partial charge in [0.1, 0.15) is 6.04 Å². The predicted molar refractivity (Wildman–Crippen MR) is 99.3 cm³/mol. The number of likely N-dealkylation sites (N-methyl/N-ethyl adjacent to an activating group) is 2. The zero-order chi connectivity index (χ0) is 19.8. The third-order valence-corrected chi connectivity index (χ3v) is 4.11. The molecular formula is C18H37N3O4. The van der Waals surface area contributed by atoms with Crippen LogP contribution in [0.15, 0.2) is 0 Å². The number of hydrogen-bond acceptors (Lipinski definition) is 5. The third-order valence-electron chi connectivity index (χ3n) is 4.11. The van der Waals surface area contributed by atoms with Crippen LogP contribution in [0.25, 0.3) is 0 Å². The second kappa shape index (κ2) is 10.1. The van der Waals surface area contributed by atoms with Crippen molar-refractivity contribution in [2.45, 2.75) is 53.1 Å². The lowest BCUT2D eigenvalue weighted by molar-refractivity contribution is -0.146. The summed E-state index contributed by atoms with van der Waals surface area (Å²) < 4.78 is 5.15. The van der Waals surface area contributed by atoms with Gasteiger partial charge in [-0.25, -0.2) is 0 Å². The lowest BCUT2D eigenvalue weighted by Gasteiger charge is -2.38. The maximum absolute atomic E-state index is 12.7. The zero-order valence-corrected chi connectivity index (χ0v) is 17.2. The third kappa shape index (κ3) is 8.65. The van der Waals surface area contributed by atoms with Crippen LogP contribution in [0.2, 0.25) is 0 Å². The Morgan fingerprint density at radius 2 is 1.64 bits per heavy atom. The average molecular weight is 360 g/mol. The zero-order valence-electron chi connectivity index (χ0n) is 17.2. The Morgan fingerprint density at radius 1 is 1.08 bits per heavy atom. The van der Waals surface area contributed by atoms with E-state index in [9.17, 15) is 9.59 Å². The summed E-state index contributed by atoms with van der Waals surface area (Å²) in [4.78, 5) is 28.9. The predicted octanol–water partition coefficient (Wildman–Crippen LogP) is 0.715. The molecule has 0 saturated heterocycles. The fourth-order valence-electron chi connectivity index (χ4n) is 2.12. The Kier molecular flexibility index (Phi) is 9.61. The molecule has 0 fully saturated rings. The van der Waals surface area contributed by atoms with Gasteiger partial charge in [-0.1, -0.05) is 20.8 Å². The summed E-state index contributed by atoms with van der Waals surface area (Å²) in [7, 11) is 3.62. The second-order valence-corrected chi connectivity index (χ2v) is 8.36. The van der Waals surface area contributed by atoms with Crippen LogP contribution in [0.3, 0.4) is 0 Å². The van der Waals surface area contributed by atoms with E-state index in [-0.39, 0.29) is 30.6 Å². The fourth-order valence-corrected chi connectivity index (χ4v) is 2.12. The van der Waals surface area contributed by atoms with Gasteiger partial charge in [0.05, 0.1) is 19.8 Å². The fraction of sp³-hybridized carbons (Fsp3) is 0.889. The number of carbonyl (C=O) groups excluding carboxylic acids is 2. The minimum atomic E-state index is -0.589. The smallest absolute Gasteiger partial charge is 0.244 e. The first-order valence-corrected chi connectivity index (χ1v) is 8.77. The van der Waals surface area contributed by atoms with Crippen molar-refractivity contribution in [2.24, 2.45) is 5.41 Å². The number of ether oxygens (including phenoxy) is 1. The highest BCUT2D eigenvalue weighted by Gasteiger charge is 2.35. The molecule has 25 heavy (non-hydrogen) atoms. The molecule has 0 aliphatic rings. The highest BCUT2D eigenvalue weighted by Crippen LogP contribution is 2.20. The van der Waals surface area contributed by atoms with E-state index in [1.165, 1.54) is 4.90 Å². The monoisotopic (exact) mass is 359 g/mol. The Morgan fingerprint density at radius 3 is 2.08 bits per heavy atom. The molecule has 0 aromatic carbocycles. The molecule has 2 N–H and O–H groups in total. The van der Waals surface area contributed by atoms with E-state index in [2.05, 4.69) is 31.0 Å². The molecular weight excluding hydrogens is 322 g/mol. The summed E-state index contributed by atoms with van der Waals surface area (Å²) in [6.07, 6.45) is 0. The van der Waals surface area contributed by atoms with Crippen LogP contribution in [0, 0.1) is 5.41 Å². The molecule has 0 bridgehead atoms. The molecule has 2 amide bonds. The van der Waals surface area contributed by atoms with E-state index in [1.807, 2.05) is 27.8 Å². The molecule has 0 saturated carbocycles. The number of amides is 2. The van der Waals surface area contributed by atoms with Gasteiger partial charge < -0.3 is 20.1 Å². The van der Waals surface area contributed by atoms with Crippen molar-refractivity contribution in [2.75, 3.05) is 47.0 Å². The average Bonchev–Trinajstić information content (AvgIpc) is 2.48. The Balaban J connectivity index is 5.06. The van der Waals surface area contributed by atoms with Gasteiger partial charge in [0.2, 0.25) is 11.8 Å². The second-order valence-electron chi connectivity index (χ2n) is 8.36. The van der Waals surface area contributed by atoms with Crippen LogP contribution < -0.4 is 5.32 Å². The minimum absolute atomic E-state index is 0.0459. The van der Waals surface area contributed by atoms with Gasteiger partial charge in [-0.2, -0.15) is 0 Å². The van der Waals surface area contributed by atoms with E-state index in [0.29, 0.717) is 19.7 Å². The van der Waals surface area contributed by atoms with Gasteiger partial charge in [-0.05, 0) is 27.8 Å².